The molecule has 7 nitrogen and oxygen atoms in total. The van der Waals surface area contributed by atoms with E-state index in [1.807, 2.05) is 42.1 Å². The predicted octanol–water partition coefficient (Wildman–Crippen LogP) is 3.36. The van der Waals surface area contributed by atoms with Crippen LogP contribution in [-0.4, -0.2) is 33.0 Å². The van der Waals surface area contributed by atoms with E-state index in [1.54, 1.807) is 13.2 Å². The summed E-state index contributed by atoms with van der Waals surface area (Å²) in [5, 5.41) is 14.7. The van der Waals surface area contributed by atoms with E-state index in [4.69, 9.17) is 4.74 Å². The highest BCUT2D eigenvalue weighted by molar-refractivity contribution is 5.92. The Balaban J connectivity index is 1.66. The molecule has 0 fully saturated rings. The number of benzene rings is 1. The Kier molecular flexibility index (Phi) is 4.45. The minimum Gasteiger partial charge on any atom is -0.497 e. The summed E-state index contributed by atoms with van der Waals surface area (Å²) in [5.74, 6) is 0.639. The summed E-state index contributed by atoms with van der Waals surface area (Å²) in [4.78, 5) is 12.7. The van der Waals surface area contributed by atoms with Gasteiger partial charge in [0, 0.05) is 11.3 Å². The van der Waals surface area contributed by atoms with Gasteiger partial charge in [0.15, 0.2) is 0 Å². The van der Waals surface area contributed by atoms with Gasteiger partial charge in [0.25, 0.3) is 5.91 Å². The van der Waals surface area contributed by atoms with E-state index in [1.165, 1.54) is 0 Å². The predicted molar refractivity (Wildman–Crippen MR) is 106 cm³/mol. The van der Waals surface area contributed by atoms with Crippen molar-refractivity contribution in [3.63, 3.8) is 0 Å². The van der Waals surface area contributed by atoms with Gasteiger partial charge in [-0.25, -0.2) is 4.68 Å². The summed E-state index contributed by atoms with van der Waals surface area (Å²) in [6.07, 6.45) is 3.61. The summed E-state index contributed by atoms with van der Waals surface area (Å²) in [6, 6.07) is 9.50. The third-order valence-corrected chi connectivity index (χ3v) is 5.24. The van der Waals surface area contributed by atoms with Crippen LogP contribution in [0.2, 0.25) is 0 Å². The number of nitrogens with zero attached hydrogens (tertiary/aromatic N) is 3. The molecule has 1 atom stereocenters. The molecule has 146 valence electrons. The number of carbonyl (C=O) groups is 1. The normalized spacial score (nSPS) is 17.8. The lowest BCUT2D eigenvalue weighted by Crippen LogP contribution is -2.37. The molecule has 1 aliphatic carbocycles. The second-order valence-corrected chi connectivity index (χ2v) is 8.16. The Morgan fingerprint density at radius 3 is 2.71 bits per heavy atom. The van der Waals surface area contributed by atoms with Crippen molar-refractivity contribution in [3.8, 4) is 11.4 Å². The largest absolute Gasteiger partial charge is 0.497 e. The molecule has 28 heavy (non-hydrogen) atoms. The van der Waals surface area contributed by atoms with Crippen molar-refractivity contribution < 1.29 is 9.53 Å². The van der Waals surface area contributed by atoms with Gasteiger partial charge >= 0.3 is 0 Å². The molecule has 0 unspecified atom stereocenters. The Hall–Kier alpha value is -3.09. The van der Waals surface area contributed by atoms with Gasteiger partial charge in [0.2, 0.25) is 0 Å². The van der Waals surface area contributed by atoms with E-state index in [-0.39, 0.29) is 17.4 Å². The number of hydrogen-bond donors (Lipinski definition) is 2. The summed E-state index contributed by atoms with van der Waals surface area (Å²) >= 11 is 0. The van der Waals surface area contributed by atoms with Crippen LogP contribution in [0.1, 0.15) is 53.7 Å². The maximum absolute atomic E-state index is 12.7. The molecule has 2 aromatic heterocycles. The van der Waals surface area contributed by atoms with E-state index in [2.05, 4.69) is 34.5 Å². The fourth-order valence-electron chi connectivity index (χ4n) is 3.88. The van der Waals surface area contributed by atoms with Gasteiger partial charge in [-0.15, -0.1) is 0 Å². The smallest absolute Gasteiger partial charge is 0.272 e. The average molecular weight is 379 g/mol. The number of aryl methyl sites for hydroxylation is 1. The van der Waals surface area contributed by atoms with Crippen LogP contribution < -0.4 is 10.1 Å². The summed E-state index contributed by atoms with van der Waals surface area (Å²) in [6.45, 7) is 6.32. The highest BCUT2D eigenvalue weighted by Crippen LogP contribution is 2.41. The average Bonchev–Trinajstić information content (AvgIpc) is 3.27. The van der Waals surface area contributed by atoms with Gasteiger partial charge in [-0.1, -0.05) is 13.8 Å². The second kappa shape index (κ2) is 6.82. The minimum atomic E-state index is -0.171. The molecule has 1 aliphatic rings. The Morgan fingerprint density at radius 2 is 2.07 bits per heavy atom. The molecule has 0 aliphatic heterocycles. The Bertz CT molecular complexity index is 1000. The van der Waals surface area contributed by atoms with Crippen molar-refractivity contribution in [2.24, 2.45) is 5.41 Å². The lowest BCUT2D eigenvalue weighted by molar-refractivity contribution is 0.0914. The molecule has 1 aromatic carbocycles. The number of ether oxygens (including phenoxy) is 1. The molecule has 0 radical (unpaired) electrons. The highest BCUT2D eigenvalue weighted by atomic mass is 16.5. The fraction of sp³-hybridized carbons (Fsp3) is 0.381. The maximum Gasteiger partial charge on any atom is 0.272 e. The van der Waals surface area contributed by atoms with Gasteiger partial charge in [-0.3, -0.25) is 9.89 Å². The number of methoxy groups -OCH3 is 1. The van der Waals surface area contributed by atoms with Crippen LogP contribution >= 0.6 is 0 Å². The Labute approximate surface area is 164 Å². The fourth-order valence-corrected chi connectivity index (χ4v) is 3.88. The summed E-state index contributed by atoms with van der Waals surface area (Å²) in [7, 11) is 1.65. The first-order valence-corrected chi connectivity index (χ1v) is 9.40. The quantitative estimate of drug-likeness (QED) is 0.728. The van der Waals surface area contributed by atoms with Crippen molar-refractivity contribution in [2.45, 2.75) is 39.7 Å². The molecule has 2 N–H and O–H groups in total. The maximum atomic E-state index is 12.7. The van der Waals surface area contributed by atoms with Crippen LogP contribution in [0, 0.1) is 12.3 Å². The molecule has 1 amide bonds. The van der Waals surface area contributed by atoms with Gasteiger partial charge in [-0.05, 0) is 55.5 Å². The van der Waals surface area contributed by atoms with Crippen molar-refractivity contribution >= 4 is 5.91 Å². The molecule has 2 heterocycles. The van der Waals surface area contributed by atoms with Gasteiger partial charge in [0.05, 0.1) is 30.7 Å². The molecule has 3 aromatic rings. The second-order valence-electron chi connectivity index (χ2n) is 8.16. The third kappa shape index (κ3) is 3.40. The van der Waals surface area contributed by atoms with E-state index in [9.17, 15) is 4.79 Å². The minimum absolute atomic E-state index is 0.0384. The standard InChI is InChI=1S/C21H25N5O2/c1-13-9-17(25-24-13)20(27)23-18-10-21(2,3)11-19-16(18)12-22-26(19)14-5-7-15(28-4)8-6-14/h5-9,12,18H,10-11H2,1-4H3,(H,23,27)(H,24,25)/t18-/m1/s1. The first-order chi connectivity index (χ1) is 13.4. The molecule has 0 saturated heterocycles. The molecule has 0 spiro atoms. The van der Waals surface area contributed by atoms with Crippen LogP contribution in [0.5, 0.6) is 5.75 Å². The van der Waals surface area contributed by atoms with Gasteiger partial charge in [0.1, 0.15) is 11.4 Å². The molecule has 0 bridgehead atoms. The summed E-state index contributed by atoms with van der Waals surface area (Å²) in [5.41, 5.74) is 4.48. The number of hydrogen-bond acceptors (Lipinski definition) is 4. The molecule has 4 rings (SSSR count). The zero-order valence-corrected chi connectivity index (χ0v) is 16.6. The Morgan fingerprint density at radius 1 is 1.32 bits per heavy atom. The summed E-state index contributed by atoms with van der Waals surface area (Å²) < 4.78 is 7.22. The number of H-pyrrole nitrogens is 1. The SMILES string of the molecule is COc1ccc(-n2ncc3c2CC(C)(C)C[C@H]3NC(=O)c2cc(C)[nH]n2)cc1. The van der Waals surface area contributed by atoms with Crippen LogP contribution in [0.4, 0.5) is 0 Å². The van der Waals surface area contributed by atoms with E-state index < -0.39 is 0 Å². The number of rotatable bonds is 4. The van der Waals surface area contributed by atoms with Crippen molar-refractivity contribution in [3.05, 3.63) is 59.2 Å². The number of aromatic amines is 1. The molecule has 0 saturated carbocycles. The van der Waals surface area contributed by atoms with Crippen LogP contribution in [-0.2, 0) is 6.42 Å². The van der Waals surface area contributed by atoms with Crippen molar-refractivity contribution in [1.82, 2.24) is 25.3 Å². The highest BCUT2D eigenvalue weighted by Gasteiger charge is 2.36. The van der Waals surface area contributed by atoms with Gasteiger partial charge < -0.3 is 10.1 Å². The molecule has 7 heteroatoms. The van der Waals surface area contributed by atoms with Crippen molar-refractivity contribution in [1.29, 1.82) is 0 Å². The molecular weight excluding hydrogens is 354 g/mol. The van der Waals surface area contributed by atoms with Crippen LogP contribution in [0.15, 0.2) is 36.5 Å². The van der Waals surface area contributed by atoms with E-state index in [0.29, 0.717) is 5.69 Å². The number of nitrogens with one attached hydrogen (secondary N) is 2. The number of aromatic nitrogens is 4. The van der Waals surface area contributed by atoms with Gasteiger partial charge in [-0.2, -0.15) is 10.2 Å². The first-order valence-electron chi connectivity index (χ1n) is 9.40. The number of carbonyl (C=O) groups excluding carboxylic acids is 1. The lowest BCUT2D eigenvalue weighted by Gasteiger charge is -2.35. The van der Waals surface area contributed by atoms with Crippen molar-refractivity contribution in [2.75, 3.05) is 7.11 Å². The zero-order valence-electron chi connectivity index (χ0n) is 16.6. The number of amides is 1. The molecular formula is C21H25N5O2. The lowest BCUT2D eigenvalue weighted by atomic mass is 9.74. The topological polar surface area (TPSA) is 84.8 Å². The van der Waals surface area contributed by atoms with Crippen LogP contribution in [0.3, 0.4) is 0 Å². The first kappa shape index (κ1) is 18.3. The van der Waals surface area contributed by atoms with E-state index in [0.717, 1.165) is 41.2 Å². The van der Waals surface area contributed by atoms with E-state index >= 15 is 0 Å². The zero-order chi connectivity index (χ0) is 19.9. The number of fused-ring (bicyclic) bond motifs is 1. The monoisotopic (exact) mass is 379 g/mol. The third-order valence-electron chi connectivity index (χ3n) is 5.24. The van der Waals surface area contributed by atoms with Crippen LogP contribution in [0.25, 0.3) is 5.69 Å².